The van der Waals surface area contributed by atoms with Crippen LogP contribution in [0.15, 0.2) is 17.0 Å². The number of nitrogens with one attached hydrogen (secondary N) is 1. The Kier molecular flexibility index (Phi) is 3.44. The van der Waals surface area contributed by atoms with Crippen LogP contribution in [0.3, 0.4) is 0 Å². The van der Waals surface area contributed by atoms with E-state index in [9.17, 15) is 8.42 Å². The summed E-state index contributed by atoms with van der Waals surface area (Å²) in [6.45, 7) is 0.940. The highest BCUT2D eigenvalue weighted by molar-refractivity contribution is 7.90. The van der Waals surface area contributed by atoms with E-state index in [-0.39, 0.29) is 5.75 Å². The van der Waals surface area contributed by atoms with Gasteiger partial charge in [-0.25, -0.2) is 13.4 Å². The summed E-state index contributed by atoms with van der Waals surface area (Å²) in [5.74, 6) is 0.842. The van der Waals surface area contributed by atoms with Gasteiger partial charge in [0.2, 0.25) is 0 Å². The largest absolute Gasteiger partial charge is 0.447 e. The third-order valence-electron chi connectivity index (χ3n) is 1.43. The summed E-state index contributed by atoms with van der Waals surface area (Å²) in [5.41, 5.74) is 0. The molecule has 0 amide bonds. The Labute approximate surface area is 77.1 Å². The van der Waals surface area contributed by atoms with Gasteiger partial charge in [-0.05, 0) is 0 Å². The third kappa shape index (κ3) is 4.64. The molecule has 0 aliphatic heterocycles. The van der Waals surface area contributed by atoms with Crippen molar-refractivity contribution in [1.29, 1.82) is 0 Å². The molecule has 0 aromatic carbocycles. The summed E-state index contributed by atoms with van der Waals surface area (Å²) in [7, 11) is -2.87. The van der Waals surface area contributed by atoms with Gasteiger partial charge in [0.05, 0.1) is 18.5 Å². The second kappa shape index (κ2) is 4.38. The molecule has 0 spiro atoms. The molecule has 1 N–H and O–H groups in total. The van der Waals surface area contributed by atoms with Crippen LogP contribution in [0.2, 0.25) is 0 Å². The zero-order valence-corrected chi connectivity index (χ0v) is 8.17. The summed E-state index contributed by atoms with van der Waals surface area (Å²) < 4.78 is 26.4. The van der Waals surface area contributed by atoms with Crippen molar-refractivity contribution in [2.45, 2.75) is 6.54 Å². The van der Waals surface area contributed by atoms with E-state index in [1.165, 1.54) is 12.6 Å². The predicted octanol–water partition coefficient (Wildman–Crippen LogP) is -0.191. The maximum atomic E-state index is 10.7. The number of nitrogens with zero attached hydrogens (tertiary/aromatic N) is 1. The van der Waals surface area contributed by atoms with E-state index in [0.29, 0.717) is 18.8 Å². The van der Waals surface area contributed by atoms with Crippen LogP contribution in [-0.4, -0.2) is 32.0 Å². The van der Waals surface area contributed by atoms with Crippen LogP contribution in [0.5, 0.6) is 0 Å². The molecule has 0 bridgehead atoms. The molecule has 1 aromatic heterocycles. The molecule has 0 saturated heterocycles. The van der Waals surface area contributed by atoms with Crippen molar-refractivity contribution in [2.75, 3.05) is 18.6 Å². The zero-order valence-electron chi connectivity index (χ0n) is 7.36. The van der Waals surface area contributed by atoms with Crippen molar-refractivity contribution in [1.82, 2.24) is 10.3 Å². The number of rotatable bonds is 5. The van der Waals surface area contributed by atoms with Gasteiger partial charge in [0, 0.05) is 12.8 Å². The molecule has 6 heteroatoms. The zero-order chi connectivity index (χ0) is 9.73. The van der Waals surface area contributed by atoms with Crippen molar-refractivity contribution in [2.24, 2.45) is 0 Å². The quantitative estimate of drug-likeness (QED) is 0.673. The summed E-state index contributed by atoms with van der Waals surface area (Å²) in [6, 6.07) is 0. The Morgan fingerprint density at radius 3 is 2.92 bits per heavy atom. The number of hydrogen-bond donors (Lipinski definition) is 1. The standard InChI is InChI=1S/C7H12N2O3S/c1-13(10,11)3-2-8-4-7-5-9-6-12-7/h5-6,8H,2-4H2,1H3. The first-order valence-electron chi connectivity index (χ1n) is 3.84. The predicted molar refractivity (Wildman–Crippen MR) is 47.9 cm³/mol. The summed E-state index contributed by atoms with van der Waals surface area (Å²) in [5, 5.41) is 2.93. The molecule has 0 unspecified atom stereocenters. The Morgan fingerprint density at radius 2 is 2.38 bits per heavy atom. The Morgan fingerprint density at radius 1 is 1.62 bits per heavy atom. The molecule has 0 aliphatic rings. The summed E-state index contributed by atoms with van der Waals surface area (Å²) in [6.07, 6.45) is 4.14. The van der Waals surface area contributed by atoms with Crippen LogP contribution in [0.4, 0.5) is 0 Å². The van der Waals surface area contributed by atoms with Gasteiger partial charge in [0.15, 0.2) is 6.39 Å². The lowest BCUT2D eigenvalue weighted by Crippen LogP contribution is -2.21. The number of aromatic nitrogens is 1. The van der Waals surface area contributed by atoms with Gasteiger partial charge in [0.25, 0.3) is 0 Å². The second-order valence-electron chi connectivity index (χ2n) is 2.77. The maximum absolute atomic E-state index is 10.7. The van der Waals surface area contributed by atoms with E-state index in [4.69, 9.17) is 4.42 Å². The van der Waals surface area contributed by atoms with Crippen molar-refractivity contribution >= 4 is 9.84 Å². The van der Waals surface area contributed by atoms with E-state index >= 15 is 0 Å². The first kappa shape index (κ1) is 10.2. The molecule has 0 fully saturated rings. The van der Waals surface area contributed by atoms with Crippen molar-refractivity contribution in [3.05, 3.63) is 18.4 Å². The number of hydrogen-bond acceptors (Lipinski definition) is 5. The van der Waals surface area contributed by atoms with Crippen LogP contribution >= 0.6 is 0 Å². The molecule has 5 nitrogen and oxygen atoms in total. The monoisotopic (exact) mass is 204 g/mol. The van der Waals surface area contributed by atoms with E-state index in [1.54, 1.807) is 6.20 Å². The van der Waals surface area contributed by atoms with Crippen molar-refractivity contribution in [3.63, 3.8) is 0 Å². The first-order chi connectivity index (χ1) is 6.08. The molecule has 1 rings (SSSR count). The summed E-state index contributed by atoms with van der Waals surface area (Å²) in [4.78, 5) is 3.72. The van der Waals surface area contributed by atoms with Crippen LogP contribution < -0.4 is 5.32 Å². The summed E-state index contributed by atoms with van der Waals surface area (Å²) >= 11 is 0. The Balaban J connectivity index is 2.16. The van der Waals surface area contributed by atoms with Crippen LogP contribution in [0.1, 0.15) is 5.76 Å². The molecule has 74 valence electrons. The Hall–Kier alpha value is -0.880. The number of sulfone groups is 1. The lowest BCUT2D eigenvalue weighted by molar-refractivity contribution is 0.483. The van der Waals surface area contributed by atoms with Gasteiger partial charge in [-0.1, -0.05) is 0 Å². The molecule has 1 aromatic rings. The molecule has 0 saturated carbocycles. The maximum Gasteiger partial charge on any atom is 0.180 e. The van der Waals surface area contributed by atoms with Gasteiger partial charge in [-0.2, -0.15) is 0 Å². The molecule has 13 heavy (non-hydrogen) atoms. The molecule has 0 aliphatic carbocycles. The molecule has 0 atom stereocenters. The van der Waals surface area contributed by atoms with Crippen molar-refractivity contribution < 1.29 is 12.8 Å². The smallest absolute Gasteiger partial charge is 0.180 e. The highest BCUT2D eigenvalue weighted by Gasteiger charge is 2.01. The fourth-order valence-corrected chi connectivity index (χ4v) is 1.31. The van der Waals surface area contributed by atoms with Crippen LogP contribution in [0, 0.1) is 0 Å². The van der Waals surface area contributed by atoms with Gasteiger partial charge in [-0.15, -0.1) is 0 Å². The number of oxazole rings is 1. The SMILES string of the molecule is CS(=O)(=O)CCNCc1cnco1. The van der Waals surface area contributed by atoms with E-state index in [0.717, 1.165) is 0 Å². The van der Waals surface area contributed by atoms with E-state index in [1.807, 2.05) is 0 Å². The van der Waals surface area contributed by atoms with E-state index in [2.05, 4.69) is 10.3 Å². The Bertz CT molecular complexity index is 331. The normalized spacial score (nSPS) is 11.8. The fourth-order valence-electron chi connectivity index (χ4n) is 0.799. The second-order valence-corrected chi connectivity index (χ2v) is 5.03. The molecular weight excluding hydrogens is 192 g/mol. The van der Waals surface area contributed by atoms with Gasteiger partial charge in [0.1, 0.15) is 15.6 Å². The van der Waals surface area contributed by atoms with Gasteiger partial charge >= 0.3 is 0 Å². The highest BCUT2D eigenvalue weighted by atomic mass is 32.2. The van der Waals surface area contributed by atoms with Crippen LogP contribution in [-0.2, 0) is 16.4 Å². The van der Waals surface area contributed by atoms with E-state index < -0.39 is 9.84 Å². The fraction of sp³-hybridized carbons (Fsp3) is 0.571. The molecule has 0 radical (unpaired) electrons. The van der Waals surface area contributed by atoms with Gasteiger partial charge in [-0.3, -0.25) is 0 Å². The first-order valence-corrected chi connectivity index (χ1v) is 5.90. The average Bonchev–Trinajstić information content (AvgIpc) is 2.48. The van der Waals surface area contributed by atoms with Gasteiger partial charge < -0.3 is 9.73 Å². The minimum Gasteiger partial charge on any atom is -0.447 e. The molecule has 1 heterocycles. The molecular formula is C7H12N2O3S. The van der Waals surface area contributed by atoms with Crippen molar-refractivity contribution in [3.8, 4) is 0 Å². The minimum atomic E-state index is -2.87. The lowest BCUT2D eigenvalue weighted by Gasteiger charge is -1.99. The third-order valence-corrected chi connectivity index (χ3v) is 2.38. The highest BCUT2D eigenvalue weighted by Crippen LogP contribution is 1.94. The topological polar surface area (TPSA) is 72.2 Å². The lowest BCUT2D eigenvalue weighted by atomic mass is 10.5. The average molecular weight is 204 g/mol. The minimum absolute atomic E-state index is 0.140. The van der Waals surface area contributed by atoms with Crippen LogP contribution in [0.25, 0.3) is 0 Å².